The third-order valence-corrected chi connectivity index (χ3v) is 2.87. The molecule has 2 amide bonds. The van der Waals surface area contributed by atoms with E-state index >= 15 is 0 Å². The van der Waals surface area contributed by atoms with Crippen LogP contribution in [0.25, 0.3) is 0 Å². The Morgan fingerprint density at radius 2 is 2.25 bits per heavy atom. The van der Waals surface area contributed by atoms with Crippen LogP contribution in [0.2, 0.25) is 0 Å². The maximum absolute atomic E-state index is 11.2. The molecule has 90 valence electrons. The van der Waals surface area contributed by atoms with Gasteiger partial charge in [0.2, 0.25) is 5.91 Å². The Labute approximate surface area is 93.1 Å². The van der Waals surface area contributed by atoms with E-state index in [-0.39, 0.29) is 5.91 Å². The number of hydrogen-bond acceptors (Lipinski definition) is 5. The average Bonchev–Trinajstić information content (AvgIpc) is 2.60. The summed E-state index contributed by atoms with van der Waals surface area (Å²) in [6.07, 6.45) is 1.18. The second-order valence-electron chi connectivity index (χ2n) is 3.11. The Kier molecular flexibility index (Phi) is 3.88. The first-order chi connectivity index (χ1) is 7.44. The Bertz CT molecular complexity index is 414. The molecule has 0 bridgehead atoms. The zero-order chi connectivity index (χ0) is 12.2. The van der Waals surface area contributed by atoms with Crippen LogP contribution in [0.15, 0.2) is 11.6 Å². The molecule has 0 aliphatic carbocycles. The minimum absolute atomic E-state index is 0.135. The molecular formula is C8H12N2O5S. The number of carbonyl (C=O) groups excluding carboxylic acids is 2. The highest BCUT2D eigenvalue weighted by molar-refractivity contribution is 7.92. The van der Waals surface area contributed by atoms with Gasteiger partial charge < -0.3 is 9.64 Å². The van der Waals surface area contributed by atoms with Gasteiger partial charge in [0.15, 0.2) is 0 Å². The quantitative estimate of drug-likeness (QED) is 0.744. The van der Waals surface area contributed by atoms with Crippen LogP contribution in [0.1, 0.15) is 12.8 Å². The summed E-state index contributed by atoms with van der Waals surface area (Å²) in [5.41, 5.74) is 0. The molecule has 0 aromatic rings. The summed E-state index contributed by atoms with van der Waals surface area (Å²) < 4.78 is 28.2. The van der Waals surface area contributed by atoms with E-state index in [9.17, 15) is 18.0 Å². The van der Waals surface area contributed by atoms with Gasteiger partial charge in [-0.15, -0.1) is 0 Å². The fourth-order valence-electron chi connectivity index (χ4n) is 1.17. The number of likely N-dealkylation sites (tertiary alicyclic amines) is 1. The van der Waals surface area contributed by atoms with Crippen molar-refractivity contribution in [3.8, 4) is 0 Å². The highest BCUT2D eigenvalue weighted by Crippen LogP contribution is 2.09. The molecule has 0 unspecified atom stereocenters. The molecule has 1 fully saturated rings. The first kappa shape index (κ1) is 12.5. The lowest BCUT2D eigenvalue weighted by Crippen LogP contribution is -2.29. The average molecular weight is 248 g/mol. The number of nitrogens with one attached hydrogen (secondary N) is 1. The largest absolute Gasteiger partial charge is 0.452 e. The molecule has 0 aromatic carbocycles. The van der Waals surface area contributed by atoms with Gasteiger partial charge in [-0.2, -0.15) is 0 Å². The first-order valence-electron chi connectivity index (χ1n) is 4.53. The maximum Gasteiger partial charge on any atom is 0.420 e. The molecular weight excluding hydrogens is 236 g/mol. The predicted molar refractivity (Wildman–Crippen MR) is 54.5 cm³/mol. The van der Waals surface area contributed by atoms with Gasteiger partial charge in [0.1, 0.15) is 0 Å². The third kappa shape index (κ3) is 3.54. The standard InChI is InChI=1S/C8H12N2O5S/c1-15-8(12)9-16(13,14)6-5-10-4-2-3-7(10)11/h5-6H,2-4H2,1H3,(H,9,12). The van der Waals surface area contributed by atoms with E-state index in [4.69, 9.17) is 0 Å². The van der Waals surface area contributed by atoms with E-state index in [0.717, 1.165) is 18.7 Å². The van der Waals surface area contributed by atoms with E-state index in [1.807, 2.05) is 0 Å². The van der Waals surface area contributed by atoms with E-state index < -0.39 is 16.1 Å². The van der Waals surface area contributed by atoms with Crippen molar-refractivity contribution >= 4 is 22.0 Å². The van der Waals surface area contributed by atoms with Crippen LogP contribution < -0.4 is 4.72 Å². The minimum atomic E-state index is -3.90. The van der Waals surface area contributed by atoms with Gasteiger partial charge in [0.25, 0.3) is 10.0 Å². The summed E-state index contributed by atoms with van der Waals surface area (Å²) in [6.45, 7) is 0.489. The molecule has 1 rings (SSSR count). The number of rotatable bonds is 3. The number of hydrogen-bond donors (Lipinski definition) is 1. The van der Waals surface area contributed by atoms with Crippen molar-refractivity contribution in [2.75, 3.05) is 13.7 Å². The Balaban J connectivity index is 2.61. The maximum atomic E-state index is 11.2. The summed E-state index contributed by atoms with van der Waals surface area (Å²) in [4.78, 5) is 23.1. The predicted octanol–water partition coefficient (Wildman–Crippen LogP) is -0.234. The van der Waals surface area contributed by atoms with Gasteiger partial charge in [-0.1, -0.05) is 0 Å². The Morgan fingerprint density at radius 3 is 2.75 bits per heavy atom. The molecule has 7 nitrogen and oxygen atoms in total. The number of ether oxygens (including phenoxy) is 1. The lowest BCUT2D eigenvalue weighted by molar-refractivity contribution is -0.125. The topological polar surface area (TPSA) is 92.8 Å². The van der Waals surface area contributed by atoms with Crippen molar-refractivity contribution in [3.05, 3.63) is 11.6 Å². The third-order valence-electron chi connectivity index (χ3n) is 1.94. The molecule has 1 aliphatic heterocycles. The number of methoxy groups -OCH3 is 1. The number of carbonyl (C=O) groups is 2. The normalized spacial score (nSPS) is 16.8. The molecule has 1 saturated heterocycles. The van der Waals surface area contributed by atoms with Crippen molar-refractivity contribution in [2.24, 2.45) is 0 Å². The highest BCUT2D eigenvalue weighted by Gasteiger charge is 2.19. The fraction of sp³-hybridized carbons (Fsp3) is 0.500. The second kappa shape index (κ2) is 4.97. The lowest BCUT2D eigenvalue weighted by atomic mass is 10.4. The van der Waals surface area contributed by atoms with Crippen LogP contribution >= 0.6 is 0 Å². The van der Waals surface area contributed by atoms with Gasteiger partial charge in [-0.3, -0.25) is 4.79 Å². The number of amides is 2. The molecule has 0 atom stereocenters. The van der Waals surface area contributed by atoms with E-state index in [0.29, 0.717) is 19.4 Å². The first-order valence-corrected chi connectivity index (χ1v) is 6.08. The molecule has 1 N–H and O–H groups in total. The molecule has 16 heavy (non-hydrogen) atoms. The van der Waals surface area contributed by atoms with Crippen molar-refractivity contribution in [1.82, 2.24) is 9.62 Å². The van der Waals surface area contributed by atoms with Crippen LogP contribution in [0.4, 0.5) is 4.79 Å². The van der Waals surface area contributed by atoms with Gasteiger partial charge in [-0.25, -0.2) is 17.9 Å². The fourth-order valence-corrected chi connectivity index (χ4v) is 1.86. The molecule has 0 spiro atoms. The van der Waals surface area contributed by atoms with Gasteiger partial charge >= 0.3 is 6.09 Å². The van der Waals surface area contributed by atoms with Gasteiger partial charge in [0, 0.05) is 19.2 Å². The summed E-state index contributed by atoms with van der Waals surface area (Å²) >= 11 is 0. The zero-order valence-electron chi connectivity index (χ0n) is 8.67. The van der Waals surface area contributed by atoms with Crippen LogP contribution in [0.5, 0.6) is 0 Å². The summed E-state index contributed by atoms with van der Waals surface area (Å²) in [5.74, 6) is -0.135. The number of nitrogens with zero attached hydrogens (tertiary/aromatic N) is 1. The van der Waals surface area contributed by atoms with Crippen LogP contribution in [-0.2, 0) is 19.6 Å². The molecule has 1 aliphatic rings. The van der Waals surface area contributed by atoms with Gasteiger partial charge in [0.05, 0.1) is 12.5 Å². The molecule has 0 aromatic heterocycles. The summed E-state index contributed by atoms with van der Waals surface area (Å²) in [6, 6.07) is 0. The van der Waals surface area contributed by atoms with Crippen LogP contribution in [-0.4, -0.2) is 39.0 Å². The molecule has 0 saturated carbocycles. The van der Waals surface area contributed by atoms with E-state index in [1.54, 1.807) is 4.72 Å². The smallest absolute Gasteiger partial charge is 0.420 e. The van der Waals surface area contributed by atoms with E-state index in [1.165, 1.54) is 4.90 Å². The molecule has 1 heterocycles. The van der Waals surface area contributed by atoms with Crippen molar-refractivity contribution < 1.29 is 22.7 Å². The Hall–Kier alpha value is -1.57. The van der Waals surface area contributed by atoms with E-state index in [2.05, 4.69) is 4.74 Å². The summed E-state index contributed by atoms with van der Waals surface area (Å²) in [5, 5.41) is 0.757. The Morgan fingerprint density at radius 1 is 1.56 bits per heavy atom. The van der Waals surface area contributed by atoms with Crippen LogP contribution in [0, 0.1) is 0 Å². The van der Waals surface area contributed by atoms with Crippen LogP contribution in [0.3, 0.4) is 0 Å². The highest BCUT2D eigenvalue weighted by atomic mass is 32.2. The van der Waals surface area contributed by atoms with Crippen molar-refractivity contribution in [3.63, 3.8) is 0 Å². The lowest BCUT2D eigenvalue weighted by Gasteiger charge is -2.08. The summed E-state index contributed by atoms with van der Waals surface area (Å²) in [7, 11) is -2.85. The zero-order valence-corrected chi connectivity index (χ0v) is 9.49. The van der Waals surface area contributed by atoms with Gasteiger partial charge in [-0.05, 0) is 6.42 Å². The molecule has 0 radical (unpaired) electrons. The molecule has 8 heteroatoms. The van der Waals surface area contributed by atoms with Crippen molar-refractivity contribution in [1.29, 1.82) is 0 Å². The number of sulfonamides is 1. The minimum Gasteiger partial charge on any atom is -0.452 e. The SMILES string of the molecule is COC(=O)NS(=O)(=O)C=CN1CCCC1=O. The second-order valence-corrected chi connectivity index (χ2v) is 4.68. The van der Waals surface area contributed by atoms with Crippen molar-refractivity contribution in [2.45, 2.75) is 12.8 Å². The monoisotopic (exact) mass is 248 g/mol.